The quantitative estimate of drug-likeness (QED) is 0.749. The minimum Gasteiger partial charge on any atom is -0.373 e. The molecule has 0 aliphatic carbocycles. The molecular weight excluding hydrogens is 222 g/mol. The van der Waals surface area contributed by atoms with Crippen LogP contribution in [-0.4, -0.2) is 47.8 Å². The Morgan fingerprint density at radius 3 is 3.00 bits per heavy atom. The van der Waals surface area contributed by atoms with E-state index in [9.17, 15) is 0 Å². The number of tetrazole rings is 1. The van der Waals surface area contributed by atoms with Gasteiger partial charge in [0.1, 0.15) is 6.33 Å². The molecule has 8 heteroatoms. The van der Waals surface area contributed by atoms with Gasteiger partial charge in [-0.2, -0.15) is 15.4 Å². The maximum atomic E-state index is 5.78. The Morgan fingerprint density at radius 2 is 2.41 bits per heavy atom. The van der Waals surface area contributed by atoms with E-state index in [1.54, 1.807) is 17.2 Å². The first-order valence-electron chi connectivity index (χ1n) is 5.41. The van der Waals surface area contributed by atoms with Crippen molar-refractivity contribution in [3.8, 4) is 0 Å². The molecule has 1 unspecified atom stereocenters. The highest BCUT2D eigenvalue weighted by atomic mass is 16.5. The van der Waals surface area contributed by atoms with Gasteiger partial charge < -0.3 is 4.74 Å². The number of ether oxygens (including phenoxy) is 1. The minimum absolute atomic E-state index is 0.402. The molecule has 2 aromatic rings. The molecule has 2 heterocycles. The molecule has 0 saturated carbocycles. The van der Waals surface area contributed by atoms with Crippen LogP contribution in [0.5, 0.6) is 0 Å². The molecule has 0 radical (unpaired) electrons. The van der Waals surface area contributed by atoms with Crippen LogP contribution in [0, 0.1) is 0 Å². The normalized spacial score (nSPS) is 14.7. The number of aromatic nitrogens is 7. The van der Waals surface area contributed by atoms with Gasteiger partial charge in [0, 0.05) is 13.0 Å². The lowest BCUT2D eigenvalue weighted by molar-refractivity contribution is -0.0400. The Labute approximate surface area is 98.4 Å². The predicted octanol–water partition coefficient (Wildman–Crippen LogP) is -0.171. The Bertz CT molecular complexity index is 388. The molecule has 8 nitrogen and oxygen atoms in total. The fourth-order valence-electron chi connectivity index (χ4n) is 1.79. The molecular formula is C9H15N7O. The van der Waals surface area contributed by atoms with Crippen LogP contribution in [-0.2, 0) is 17.7 Å². The second-order valence-electron chi connectivity index (χ2n) is 4.03. The molecule has 1 N–H and O–H groups in total. The van der Waals surface area contributed by atoms with Gasteiger partial charge >= 0.3 is 0 Å². The summed E-state index contributed by atoms with van der Waals surface area (Å²) in [7, 11) is 0. The van der Waals surface area contributed by atoms with E-state index in [0.717, 1.165) is 5.69 Å². The van der Waals surface area contributed by atoms with Gasteiger partial charge in [-0.25, -0.2) is 4.68 Å². The van der Waals surface area contributed by atoms with Crippen molar-refractivity contribution in [3.05, 3.63) is 18.2 Å². The van der Waals surface area contributed by atoms with Gasteiger partial charge in [-0.1, -0.05) is 0 Å². The van der Waals surface area contributed by atoms with Gasteiger partial charge in [-0.15, -0.1) is 5.10 Å². The lowest BCUT2D eigenvalue weighted by Gasteiger charge is -2.28. The SMILES string of the molecule is CCOC(C)(Cc1cn[nH]n1)Cn1cnnn1. The van der Waals surface area contributed by atoms with E-state index in [1.807, 2.05) is 13.8 Å². The lowest BCUT2D eigenvalue weighted by Crippen LogP contribution is -2.37. The summed E-state index contributed by atoms with van der Waals surface area (Å²) in [5, 5.41) is 21.5. The van der Waals surface area contributed by atoms with Crippen molar-refractivity contribution in [2.24, 2.45) is 0 Å². The van der Waals surface area contributed by atoms with E-state index in [0.29, 0.717) is 19.6 Å². The third-order valence-corrected chi connectivity index (χ3v) is 2.40. The van der Waals surface area contributed by atoms with Crippen molar-refractivity contribution in [2.75, 3.05) is 6.61 Å². The zero-order chi connectivity index (χ0) is 12.1. The first-order valence-corrected chi connectivity index (χ1v) is 5.41. The summed E-state index contributed by atoms with van der Waals surface area (Å²) < 4.78 is 7.43. The van der Waals surface area contributed by atoms with Crippen molar-refractivity contribution in [2.45, 2.75) is 32.4 Å². The van der Waals surface area contributed by atoms with Crippen LogP contribution in [0.15, 0.2) is 12.5 Å². The topological polar surface area (TPSA) is 94.4 Å². The first kappa shape index (κ1) is 11.6. The minimum atomic E-state index is -0.402. The largest absolute Gasteiger partial charge is 0.373 e. The highest BCUT2D eigenvalue weighted by Gasteiger charge is 2.27. The number of aromatic amines is 1. The number of nitrogens with zero attached hydrogens (tertiary/aromatic N) is 6. The third kappa shape index (κ3) is 3.06. The van der Waals surface area contributed by atoms with E-state index in [2.05, 4.69) is 30.9 Å². The van der Waals surface area contributed by atoms with Crippen LogP contribution in [0.4, 0.5) is 0 Å². The molecule has 0 fully saturated rings. The molecule has 2 aromatic heterocycles. The molecule has 2 rings (SSSR count). The molecule has 0 spiro atoms. The van der Waals surface area contributed by atoms with Gasteiger partial charge in [0.05, 0.1) is 24.0 Å². The smallest absolute Gasteiger partial charge is 0.138 e. The van der Waals surface area contributed by atoms with E-state index in [4.69, 9.17) is 4.74 Å². The Balaban J connectivity index is 2.08. The van der Waals surface area contributed by atoms with Crippen molar-refractivity contribution in [1.82, 2.24) is 35.6 Å². The maximum absolute atomic E-state index is 5.78. The van der Waals surface area contributed by atoms with Crippen LogP contribution < -0.4 is 0 Å². The molecule has 0 saturated heterocycles. The van der Waals surface area contributed by atoms with Crippen molar-refractivity contribution in [3.63, 3.8) is 0 Å². The lowest BCUT2D eigenvalue weighted by atomic mass is 10.0. The van der Waals surface area contributed by atoms with E-state index in [-0.39, 0.29) is 0 Å². The van der Waals surface area contributed by atoms with E-state index < -0.39 is 5.60 Å². The molecule has 0 aliphatic heterocycles. The van der Waals surface area contributed by atoms with Gasteiger partial charge in [0.2, 0.25) is 0 Å². The summed E-state index contributed by atoms with van der Waals surface area (Å²) in [6, 6.07) is 0. The highest BCUT2D eigenvalue weighted by molar-refractivity contribution is 4.97. The Kier molecular flexibility index (Phi) is 3.43. The van der Waals surface area contributed by atoms with Crippen molar-refractivity contribution in [1.29, 1.82) is 0 Å². The van der Waals surface area contributed by atoms with Gasteiger partial charge in [0.15, 0.2) is 0 Å². The molecule has 92 valence electrons. The summed E-state index contributed by atoms with van der Waals surface area (Å²) in [4.78, 5) is 0. The third-order valence-electron chi connectivity index (χ3n) is 2.40. The number of H-pyrrole nitrogens is 1. The van der Waals surface area contributed by atoms with E-state index in [1.165, 1.54) is 0 Å². The molecule has 1 atom stereocenters. The zero-order valence-electron chi connectivity index (χ0n) is 9.87. The van der Waals surface area contributed by atoms with E-state index >= 15 is 0 Å². The monoisotopic (exact) mass is 237 g/mol. The Hall–Kier alpha value is -1.83. The molecule has 0 bridgehead atoms. The summed E-state index contributed by atoms with van der Waals surface area (Å²) >= 11 is 0. The standard InChI is InChI=1S/C9H15N7O/c1-3-17-9(2,4-8-5-10-13-12-8)6-16-7-11-14-15-16/h5,7H,3-4,6H2,1-2H3,(H,10,12,13). The predicted molar refractivity (Wildman–Crippen MR) is 57.9 cm³/mol. The molecule has 17 heavy (non-hydrogen) atoms. The fraction of sp³-hybridized carbons (Fsp3) is 0.667. The molecule has 0 aliphatic rings. The van der Waals surface area contributed by atoms with Crippen LogP contribution >= 0.6 is 0 Å². The number of hydrogen-bond acceptors (Lipinski definition) is 6. The highest BCUT2D eigenvalue weighted by Crippen LogP contribution is 2.18. The maximum Gasteiger partial charge on any atom is 0.138 e. The average molecular weight is 237 g/mol. The summed E-state index contributed by atoms with van der Waals surface area (Å²) in [6.45, 7) is 5.16. The van der Waals surface area contributed by atoms with Crippen LogP contribution in [0.2, 0.25) is 0 Å². The van der Waals surface area contributed by atoms with Crippen LogP contribution in [0.25, 0.3) is 0 Å². The first-order chi connectivity index (χ1) is 8.22. The zero-order valence-corrected chi connectivity index (χ0v) is 9.87. The van der Waals surface area contributed by atoms with Crippen LogP contribution in [0.3, 0.4) is 0 Å². The average Bonchev–Trinajstić information content (AvgIpc) is 2.91. The second-order valence-corrected chi connectivity index (χ2v) is 4.03. The second kappa shape index (κ2) is 5.00. The van der Waals surface area contributed by atoms with Gasteiger partial charge in [-0.3, -0.25) is 0 Å². The molecule has 0 amide bonds. The Morgan fingerprint density at radius 1 is 1.53 bits per heavy atom. The van der Waals surface area contributed by atoms with Crippen molar-refractivity contribution >= 4 is 0 Å². The number of hydrogen-bond donors (Lipinski definition) is 1. The van der Waals surface area contributed by atoms with Gasteiger partial charge in [0.25, 0.3) is 0 Å². The fourth-order valence-corrected chi connectivity index (χ4v) is 1.79. The van der Waals surface area contributed by atoms with Gasteiger partial charge in [-0.05, 0) is 24.3 Å². The number of rotatable bonds is 6. The molecule has 0 aromatic carbocycles. The summed E-state index contributed by atoms with van der Waals surface area (Å²) in [5.41, 5.74) is 0.454. The van der Waals surface area contributed by atoms with Crippen molar-refractivity contribution < 1.29 is 4.74 Å². The summed E-state index contributed by atoms with van der Waals surface area (Å²) in [5.74, 6) is 0. The summed E-state index contributed by atoms with van der Waals surface area (Å²) in [6.07, 6.45) is 3.91. The number of nitrogens with one attached hydrogen (secondary N) is 1. The van der Waals surface area contributed by atoms with Crippen LogP contribution in [0.1, 0.15) is 19.5 Å².